The molecule has 1 fully saturated rings. The van der Waals surface area contributed by atoms with Gasteiger partial charge in [-0.2, -0.15) is 0 Å². The summed E-state index contributed by atoms with van der Waals surface area (Å²) in [5.41, 5.74) is 7.92. The first kappa shape index (κ1) is 13.1. The fourth-order valence-electron chi connectivity index (χ4n) is 2.48. The highest BCUT2D eigenvalue weighted by molar-refractivity contribution is 5.86. The van der Waals surface area contributed by atoms with Gasteiger partial charge in [0.1, 0.15) is 0 Å². The van der Waals surface area contributed by atoms with Crippen LogP contribution in [0.3, 0.4) is 0 Å². The zero-order valence-electron chi connectivity index (χ0n) is 11.0. The summed E-state index contributed by atoms with van der Waals surface area (Å²) in [5, 5.41) is 2.95. The maximum Gasteiger partial charge on any atom is 0.240 e. The average Bonchev–Trinajstić information content (AvgIpc) is 2.85. The second-order valence-corrected chi connectivity index (χ2v) is 5.22. The van der Waals surface area contributed by atoms with Crippen LogP contribution in [0.2, 0.25) is 0 Å². The molecule has 2 rings (SSSR count). The first-order valence-corrected chi connectivity index (χ1v) is 6.79. The standard InChI is InChI=1S/C15H22N2O/c1-2-12-5-7-13(8-6-12)11-17-14(18)15(16)9-3-4-10-15/h5-8H,2-4,9-11,16H2,1H3,(H,17,18). The molecule has 18 heavy (non-hydrogen) atoms. The van der Waals surface area contributed by atoms with Gasteiger partial charge in [-0.05, 0) is 30.4 Å². The Labute approximate surface area is 109 Å². The lowest BCUT2D eigenvalue weighted by molar-refractivity contribution is -0.126. The Balaban J connectivity index is 1.88. The lowest BCUT2D eigenvalue weighted by Gasteiger charge is -2.22. The SMILES string of the molecule is CCc1ccc(CNC(=O)C2(N)CCCC2)cc1. The summed E-state index contributed by atoms with van der Waals surface area (Å²) in [5.74, 6) is -0.000400. The van der Waals surface area contributed by atoms with E-state index < -0.39 is 5.54 Å². The van der Waals surface area contributed by atoms with Crippen LogP contribution in [0.5, 0.6) is 0 Å². The molecule has 0 bridgehead atoms. The van der Waals surface area contributed by atoms with Crippen LogP contribution in [0.4, 0.5) is 0 Å². The third-order valence-electron chi connectivity index (χ3n) is 3.83. The molecule has 1 aliphatic carbocycles. The molecule has 1 saturated carbocycles. The van der Waals surface area contributed by atoms with Gasteiger partial charge >= 0.3 is 0 Å². The highest BCUT2D eigenvalue weighted by atomic mass is 16.2. The minimum atomic E-state index is -0.622. The number of hydrogen-bond donors (Lipinski definition) is 2. The average molecular weight is 246 g/mol. The molecule has 0 aliphatic heterocycles. The van der Waals surface area contributed by atoms with Crippen molar-refractivity contribution in [2.45, 2.75) is 51.1 Å². The van der Waals surface area contributed by atoms with Crippen LogP contribution < -0.4 is 11.1 Å². The Morgan fingerprint density at radius 2 is 1.78 bits per heavy atom. The highest BCUT2D eigenvalue weighted by Gasteiger charge is 2.36. The number of carbonyl (C=O) groups excluding carboxylic acids is 1. The molecule has 98 valence electrons. The molecule has 0 spiro atoms. The predicted octanol–water partition coefficient (Wildman–Crippen LogP) is 2.14. The lowest BCUT2D eigenvalue weighted by Crippen LogP contribution is -2.51. The van der Waals surface area contributed by atoms with Gasteiger partial charge in [-0.25, -0.2) is 0 Å². The zero-order valence-corrected chi connectivity index (χ0v) is 11.0. The molecule has 0 unspecified atom stereocenters. The molecule has 3 nitrogen and oxygen atoms in total. The summed E-state index contributed by atoms with van der Waals surface area (Å²) in [6.07, 6.45) is 4.80. The van der Waals surface area contributed by atoms with E-state index in [9.17, 15) is 4.79 Å². The Bertz CT molecular complexity index is 405. The molecule has 0 heterocycles. The van der Waals surface area contributed by atoms with E-state index in [1.165, 1.54) is 5.56 Å². The van der Waals surface area contributed by atoms with Crippen LogP contribution in [-0.4, -0.2) is 11.4 Å². The molecular formula is C15H22N2O. The lowest BCUT2D eigenvalue weighted by atomic mass is 9.98. The summed E-state index contributed by atoms with van der Waals surface area (Å²) in [6.45, 7) is 2.71. The van der Waals surface area contributed by atoms with Gasteiger partial charge in [-0.1, -0.05) is 44.0 Å². The quantitative estimate of drug-likeness (QED) is 0.855. The van der Waals surface area contributed by atoms with Crippen molar-refractivity contribution in [3.63, 3.8) is 0 Å². The van der Waals surface area contributed by atoms with E-state index in [2.05, 4.69) is 36.5 Å². The first-order chi connectivity index (χ1) is 8.64. The summed E-state index contributed by atoms with van der Waals surface area (Å²) < 4.78 is 0. The molecule has 0 aromatic heterocycles. The van der Waals surface area contributed by atoms with E-state index in [-0.39, 0.29) is 5.91 Å². The van der Waals surface area contributed by atoms with Crippen molar-refractivity contribution in [1.82, 2.24) is 5.32 Å². The molecule has 1 aromatic rings. The molecule has 3 heteroatoms. The van der Waals surface area contributed by atoms with Gasteiger partial charge in [0.15, 0.2) is 0 Å². The minimum absolute atomic E-state index is 0.000400. The fourth-order valence-corrected chi connectivity index (χ4v) is 2.48. The number of aryl methyl sites for hydroxylation is 1. The second-order valence-electron chi connectivity index (χ2n) is 5.22. The highest BCUT2D eigenvalue weighted by Crippen LogP contribution is 2.27. The molecule has 1 amide bonds. The molecule has 0 radical (unpaired) electrons. The number of nitrogens with one attached hydrogen (secondary N) is 1. The van der Waals surface area contributed by atoms with Gasteiger partial charge in [0.05, 0.1) is 5.54 Å². The number of nitrogens with two attached hydrogens (primary N) is 1. The maximum atomic E-state index is 12.0. The molecule has 3 N–H and O–H groups in total. The van der Waals surface area contributed by atoms with Crippen LogP contribution >= 0.6 is 0 Å². The molecule has 1 aromatic carbocycles. The van der Waals surface area contributed by atoms with Gasteiger partial charge in [-0.15, -0.1) is 0 Å². The van der Waals surface area contributed by atoms with Crippen LogP contribution in [0, 0.1) is 0 Å². The Morgan fingerprint density at radius 3 is 2.33 bits per heavy atom. The second kappa shape index (κ2) is 5.53. The zero-order chi connectivity index (χ0) is 13.0. The van der Waals surface area contributed by atoms with Crippen LogP contribution in [0.1, 0.15) is 43.7 Å². The van der Waals surface area contributed by atoms with E-state index in [0.717, 1.165) is 37.7 Å². The topological polar surface area (TPSA) is 55.1 Å². The fraction of sp³-hybridized carbons (Fsp3) is 0.533. The Hall–Kier alpha value is -1.35. The molecule has 1 aliphatic rings. The number of amides is 1. The van der Waals surface area contributed by atoms with Crippen molar-refractivity contribution in [3.8, 4) is 0 Å². The van der Waals surface area contributed by atoms with Crippen molar-refractivity contribution >= 4 is 5.91 Å². The van der Waals surface area contributed by atoms with E-state index in [4.69, 9.17) is 5.73 Å². The number of benzene rings is 1. The largest absolute Gasteiger partial charge is 0.350 e. The molecular weight excluding hydrogens is 224 g/mol. The molecule has 0 saturated heterocycles. The first-order valence-electron chi connectivity index (χ1n) is 6.79. The number of rotatable bonds is 4. The number of hydrogen-bond acceptors (Lipinski definition) is 2. The van der Waals surface area contributed by atoms with Gasteiger partial charge in [0, 0.05) is 6.54 Å². The summed E-state index contributed by atoms with van der Waals surface area (Å²) in [7, 11) is 0. The normalized spacial score (nSPS) is 17.7. The Morgan fingerprint density at radius 1 is 1.22 bits per heavy atom. The van der Waals surface area contributed by atoms with Crippen LogP contribution in [0.15, 0.2) is 24.3 Å². The monoisotopic (exact) mass is 246 g/mol. The Kier molecular flexibility index (Phi) is 4.02. The van der Waals surface area contributed by atoms with E-state index >= 15 is 0 Å². The third-order valence-corrected chi connectivity index (χ3v) is 3.83. The summed E-state index contributed by atoms with van der Waals surface area (Å²) in [4.78, 5) is 12.0. The van der Waals surface area contributed by atoms with Crippen molar-refractivity contribution in [2.24, 2.45) is 5.73 Å². The van der Waals surface area contributed by atoms with Crippen LogP contribution in [-0.2, 0) is 17.8 Å². The number of carbonyl (C=O) groups is 1. The smallest absolute Gasteiger partial charge is 0.240 e. The van der Waals surface area contributed by atoms with Gasteiger partial charge in [-0.3, -0.25) is 4.79 Å². The van der Waals surface area contributed by atoms with Crippen molar-refractivity contribution in [1.29, 1.82) is 0 Å². The molecule has 0 atom stereocenters. The van der Waals surface area contributed by atoms with Crippen molar-refractivity contribution in [2.75, 3.05) is 0 Å². The van der Waals surface area contributed by atoms with Crippen LogP contribution in [0.25, 0.3) is 0 Å². The third kappa shape index (κ3) is 2.91. The van der Waals surface area contributed by atoms with E-state index in [0.29, 0.717) is 6.54 Å². The summed E-state index contributed by atoms with van der Waals surface area (Å²) >= 11 is 0. The van der Waals surface area contributed by atoms with E-state index in [1.54, 1.807) is 0 Å². The predicted molar refractivity (Wildman–Crippen MR) is 73.1 cm³/mol. The van der Waals surface area contributed by atoms with E-state index in [1.807, 2.05) is 0 Å². The van der Waals surface area contributed by atoms with Gasteiger partial charge in [0.2, 0.25) is 5.91 Å². The van der Waals surface area contributed by atoms with Crippen molar-refractivity contribution < 1.29 is 4.79 Å². The maximum absolute atomic E-state index is 12.0. The van der Waals surface area contributed by atoms with Crippen molar-refractivity contribution in [3.05, 3.63) is 35.4 Å². The van der Waals surface area contributed by atoms with Gasteiger partial charge in [0.25, 0.3) is 0 Å². The summed E-state index contributed by atoms with van der Waals surface area (Å²) in [6, 6.07) is 8.35. The minimum Gasteiger partial charge on any atom is -0.350 e. The van der Waals surface area contributed by atoms with Gasteiger partial charge < -0.3 is 11.1 Å².